The minimum absolute atomic E-state index is 0.0213. The Labute approximate surface area is 164 Å². The third-order valence-electron chi connectivity index (χ3n) is 6.24. The SMILES string of the molecule is Cn1ncc2c(=O)[nH]c(CN3CCC4(CC3)C[C@H](O)C[C@H](C(C)(C)C)O4)nc21. The number of piperidine rings is 1. The largest absolute Gasteiger partial charge is 0.393 e. The number of ether oxygens (including phenoxy) is 1. The maximum Gasteiger partial charge on any atom is 0.262 e. The van der Waals surface area contributed by atoms with E-state index in [2.05, 4.69) is 40.7 Å². The first-order valence-electron chi connectivity index (χ1n) is 10.1. The quantitative estimate of drug-likeness (QED) is 0.810. The van der Waals surface area contributed by atoms with Gasteiger partial charge in [-0.2, -0.15) is 5.10 Å². The minimum Gasteiger partial charge on any atom is -0.393 e. The van der Waals surface area contributed by atoms with Gasteiger partial charge in [-0.1, -0.05) is 20.8 Å². The first kappa shape index (κ1) is 19.5. The molecule has 2 aromatic rings. The average molecular weight is 390 g/mol. The number of rotatable bonds is 2. The van der Waals surface area contributed by atoms with Crippen LogP contribution in [0.4, 0.5) is 0 Å². The fourth-order valence-electron chi connectivity index (χ4n) is 4.49. The molecule has 28 heavy (non-hydrogen) atoms. The molecule has 2 saturated heterocycles. The minimum atomic E-state index is -0.296. The lowest BCUT2D eigenvalue weighted by Gasteiger charge is -2.50. The molecule has 0 saturated carbocycles. The summed E-state index contributed by atoms with van der Waals surface area (Å²) in [6.07, 6.45) is 4.52. The van der Waals surface area contributed by atoms with Crippen molar-refractivity contribution >= 4 is 11.0 Å². The van der Waals surface area contributed by atoms with Gasteiger partial charge in [0.25, 0.3) is 5.56 Å². The topological polar surface area (TPSA) is 96.3 Å². The Morgan fingerprint density at radius 3 is 2.75 bits per heavy atom. The van der Waals surface area contributed by atoms with Crippen LogP contribution in [-0.4, -0.2) is 60.7 Å². The van der Waals surface area contributed by atoms with Crippen LogP contribution in [0.2, 0.25) is 0 Å². The van der Waals surface area contributed by atoms with Crippen molar-refractivity contribution in [2.75, 3.05) is 13.1 Å². The summed E-state index contributed by atoms with van der Waals surface area (Å²) >= 11 is 0. The Morgan fingerprint density at radius 2 is 2.07 bits per heavy atom. The van der Waals surface area contributed by atoms with Gasteiger partial charge < -0.3 is 14.8 Å². The molecule has 0 radical (unpaired) electrons. The summed E-state index contributed by atoms with van der Waals surface area (Å²) < 4.78 is 8.19. The molecule has 2 aliphatic rings. The molecule has 0 aromatic carbocycles. The molecule has 154 valence electrons. The highest BCUT2D eigenvalue weighted by Gasteiger charge is 2.46. The molecule has 2 N–H and O–H groups in total. The Balaban J connectivity index is 1.44. The third-order valence-corrected chi connectivity index (χ3v) is 6.24. The number of aliphatic hydroxyl groups is 1. The van der Waals surface area contributed by atoms with E-state index < -0.39 is 0 Å². The molecule has 2 aliphatic heterocycles. The Kier molecular flexibility index (Phi) is 4.84. The van der Waals surface area contributed by atoms with Crippen LogP contribution in [-0.2, 0) is 18.3 Å². The monoisotopic (exact) mass is 389 g/mol. The molecule has 8 heteroatoms. The number of aryl methyl sites for hydroxylation is 1. The van der Waals surface area contributed by atoms with E-state index in [9.17, 15) is 9.90 Å². The van der Waals surface area contributed by atoms with Gasteiger partial charge in [-0.3, -0.25) is 14.4 Å². The molecular weight excluding hydrogens is 358 g/mol. The summed E-state index contributed by atoms with van der Waals surface area (Å²) in [7, 11) is 1.79. The standard InChI is InChI=1S/C20H31N5O3/c1-19(2,3)15-9-13(26)10-20(28-15)5-7-25(8-6-20)12-16-22-17-14(18(27)23-16)11-21-24(17)4/h11,13,15,26H,5-10,12H2,1-4H3,(H,22,23,27)/t13-,15-/m1/s1. The fourth-order valence-corrected chi connectivity index (χ4v) is 4.49. The molecule has 2 fully saturated rings. The van der Waals surface area contributed by atoms with E-state index in [1.54, 1.807) is 17.9 Å². The van der Waals surface area contributed by atoms with Crippen molar-refractivity contribution in [3.8, 4) is 0 Å². The number of aromatic amines is 1. The number of hydrogen-bond acceptors (Lipinski definition) is 6. The van der Waals surface area contributed by atoms with Gasteiger partial charge in [-0.05, 0) is 18.3 Å². The van der Waals surface area contributed by atoms with Crippen LogP contribution in [0, 0.1) is 5.41 Å². The number of nitrogens with one attached hydrogen (secondary N) is 1. The van der Waals surface area contributed by atoms with E-state index in [4.69, 9.17) is 4.74 Å². The van der Waals surface area contributed by atoms with Gasteiger partial charge in [-0.15, -0.1) is 0 Å². The maximum absolute atomic E-state index is 12.2. The van der Waals surface area contributed by atoms with Crippen LogP contribution in [0.1, 0.15) is 52.3 Å². The summed E-state index contributed by atoms with van der Waals surface area (Å²) in [4.78, 5) is 22.0. The number of H-pyrrole nitrogens is 1. The van der Waals surface area contributed by atoms with Gasteiger partial charge in [0.15, 0.2) is 5.65 Å². The van der Waals surface area contributed by atoms with Crippen molar-refractivity contribution in [2.45, 2.75) is 70.8 Å². The molecule has 0 amide bonds. The molecule has 8 nitrogen and oxygen atoms in total. The first-order chi connectivity index (χ1) is 13.2. The molecule has 0 aliphatic carbocycles. The van der Waals surface area contributed by atoms with E-state index in [0.29, 0.717) is 36.2 Å². The second-order valence-electron chi connectivity index (χ2n) is 9.54. The highest BCUT2D eigenvalue weighted by atomic mass is 16.5. The normalized spacial score (nSPS) is 26.2. The molecule has 4 rings (SSSR count). The lowest BCUT2D eigenvalue weighted by atomic mass is 9.76. The van der Waals surface area contributed by atoms with Gasteiger partial charge in [0.05, 0.1) is 30.6 Å². The highest BCUT2D eigenvalue weighted by molar-refractivity contribution is 5.72. The zero-order valence-corrected chi connectivity index (χ0v) is 17.2. The molecular formula is C20H31N5O3. The second kappa shape index (κ2) is 6.93. The van der Waals surface area contributed by atoms with Crippen molar-refractivity contribution < 1.29 is 9.84 Å². The molecule has 2 atom stereocenters. The van der Waals surface area contributed by atoms with E-state index >= 15 is 0 Å². The van der Waals surface area contributed by atoms with Crippen molar-refractivity contribution in [1.29, 1.82) is 0 Å². The number of aliphatic hydroxyl groups excluding tert-OH is 1. The van der Waals surface area contributed by atoms with E-state index in [-0.39, 0.29) is 28.8 Å². The first-order valence-corrected chi connectivity index (χ1v) is 10.1. The molecule has 0 unspecified atom stereocenters. The number of fused-ring (bicyclic) bond motifs is 1. The average Bonchev–Trinajstić information content (AvgIpc) is 2.98. The van der Waals surface area contributed by atoms with Crippen LogP contribution in [0.15, 0.2) is 11.0 Å². The van der Waals surface area contributed by atoms with Crippen molar-refractivity contribution in [2.24, 2.45) is 12.5 Å². The van der Waals surface area contributed by atoms with Crippen LogP contribution < -0.4 is 5.56 Å². The third kappa shape index (κ3) is 3.73. The smallest absolute Gasteiger partial charge is 0.262 e. The number of nitrogens with zero attached hydrogens (tertiary/aromatic N) is 4. The van der Waals surface area contributed by atoms with Crippen LogP contribution in [0.5, 0.6) is 0 Å². The van der Waals surface area contributed by atoms with Crippen LogP contribution in [0.3, 0.4) is 0 Å². The van der Waals surface area contributed by atoms with Crippen LogP contribution in [0.25, 0.3) is 11.0 Å². The predicted octanol–water partition coefficient (Wildman–Crippen LogP) is 1.58. The Morgan fingerprint density at radius 1 is 1.36 bits per heavy atom. The maximum atomic E-state index is 12.2. The Bertz CT molecular complexity index is 905. The van der Waals surface area contributed by atoms with Gasteiger partial charge in [0.2, 0.25) is 0 Å². The molecule has 0 bridgehead atoms. The van der Waals surface area contributed by atoms with Gasteiger partial charge in [0, 0.05) is 33.0 Å². The van der Waals surface area contributed by atoms with Gasteiger partial charge >= 0.3 is 0 Å². The summed E-state index contributed by atoms with van der Waals surface area (Å²) in [5.74, 6) is 0.661. The number of aromatic nitrogens is 4. The lowest BCUT2D eigenvalue weighted by Crippen LogP contribution is -2.55. The highest BCUT2D eigenvalue weighted by Crippen LogP contribution is 2.42. The lowest BCUT2D eigenvalue weighted by molar-refractivity contribution is -0.208. The number of likely N-dealkylation sites (tertiary alicyclic amines) is 1. The summed E-state index contributed by atoms with van der Waals surface area (Å²) in [6.45, 7) is 8.84. The summed E-state index contributed by atoms with van der Waals surface area (Å²) in [6, 6.07) is 0. The summed E-state index contributed by atoms with van der Waals surface area (Å²) in [5.41, 5.74) is 0.249. The van der Waals surface area contributed by atoms with E-state index in [0.717, 1.165) is 25.9 Å². The Hall–Kier alpha value is -1.77. The van der Waals surface area contributed by atoms with E-state index in [1.807, 2.05) is 0 Å². The molecule has 4 heterocycles. The zero-order chi connectivity index (χ0) is 20.1. The second-order valence-corrected chi connectivity index (χ2v) is 9.54. The molecule has 2 aromatic heterocycles. The predicted molar refractivity (Wildman–Crippen MR) is 106 cm³/mol. The van der Waals surface area contributed by atoms with Crippen LogP contribution >= 0.6 is 0 Å². The van der Waals surface area contributed by atoms with Crippen molar-refractivity contribution in [3.63, 3.8) is 0 Å². The van der Waals surface area contributed by atoms with Gasteiger partial charge in [0.1, 0.15) is 11.2 Å². The van der Waals surface area contributed by atoms with E-state index in [1.165, 1.54) is 0 Å². The zero-order valence-electron chi connectivity index (χ0n) is 17.2. The fraction of sp³-hybridized carbons (Fsp3) is 0.750. The summed E-state index contributed by atoms with van der Waals surface area (Å²) in [5, 5.41) is 15.1. The van der Waals surface area contributed by atoms with Crippen molar-refractivity contribution in [1.82, 2.24) is 24.6 Å². The van der Waals surface area contributed by atoms with Crippen molar-refractivity contribution in [3.05, 3.63) is 22.4 Å². The van der Waals surface area contributed by atoms with Gasteiger partial charge in [-0.25, -0.2) is 4.98 Å². The number of hydrogen-bond donors (Lipinski definition) is 2. The molecule has 1 spiro atoms.